The van der Waals surface area contributed by atoms with Crippen LogP contribution >= 0.6 is 0 Å². The van der Waals surface area contributed by atoms with E-state index in [1.165, 1.54) is 5.56 Å². The van der Waals surface area contributed by atoms with Crippen LogP contribution in [0.3, 0.4) is 0 Å². The third-order valence-electron chi connectivity index (χ3n) is 4.61. The molecule has 0 unspecified atom stereocenters. The van der Waals surface area contributed by atoms with Crippen LogP contribution < -0.4 is 0 Å². The maximum absolute atomic E-state index is 12.0. The van der Waals surface area contributed by atoms with Crippen molar-refractivity contribution in [2.75, 3.05) is 6.61 Å². The van der Waals surface area contributed by atoms with Gasteiger partial charge >= 0.3 is 5.97 Å². The molecule has 140 valence electrons. The molecular formula is C22H24N2O3. The summed E-state index contributed by atoms with van der Waals surface area (Å²) in [5.41, 5.74) is 4.39. The zero-order valence-corrected chi connectivity index (χ0v) is 15.4. The Hall–Kier alpha value is -3.08. The van der Waals surface area contributed by atoms with Gasteiger partial charge in [-0.1, -0.05) is 53.7 Å². The van der Waals surface area contributed by atoms with Crippen LogP contribution in [0.25, 0.3) is 10.9 Å². The summed E-state index contributed by atoms with van der Waals surface area (Å²) in [5.74, 6) is -0.583. The number of rotatable bonds is 8. The molecule has 0 aliphatic carbocycles. The summed E-state index contributed by atoms with van der Waals surface area (Å²) in [6.07, 6.45) is 3.05. The summed E-state index contributed by atoms with van der Waals surface area (Å²) in [6.45, 7) is 1.98. The molecule has 0 saturated carbocycles. The van der Waals surface area contributed by atoms with Gasteiger partial charge in [0.1, 0.15) is 0 Å². The van der Waals surface area contributed by atoms with Crippen molar-refractivity contribution in [1.29, 1.82) is 0 Å². The number of carbonyl (C=O) groups is 1. The quantitative estimate of drug-likeness (QED) is 0.271. The van der Waals surface area contributed by atoms with E-state index in [-0.39, 0.29) is 18.7 Å². The molecule has 0 radical (unpaired) electrons. The number of aromatic amines is 1. The first kappa shape index (κ1) is 18.7. The summed E-state index contributed by atoms with van der Waals surface area (Å²) in [4.78, 5) is 15.5. The third-order valence-corrected chi connectivity index (χ3v) is 4.61. The van der Waals surface area contributed by atoms with Crippen LogP contribution in [-0.2, 0) is 28.8 Å². The Morgan fingerprint density at radius 3 is 2.56 bits per heavy atom. The molecule has 5 nitrogen and oxygen atoms in total. The highest BCUT2D eigenvalue weighted by Crippen LogP contribution is 2.25. The highest BCUT2D eigenvalue weighted by molar-refractivity contribution is 6.37. The molecule has 5 heteroatoms. The minimum absolute atomic E-state index is 0.0194. The molecule has 0 aliphatic heterocycles. The van der Waals surface area contributed by atoms with Gasteiger partial charge in [-0.15, -0.1) is 0 Å². The van der Waals surface area contributed by atoms with Crippen LogP contribution in [0.4, 0.5) is 0 Å². The van der Waals surface area contributed by atoms with Crippen molar-refractivity contribution in [3.63, 3.8) is 0 Å². The molecule has 1 heterocycles. The zero-order valence-electron chi connectivity index (χ0n) is 15.4. The lowest BCUT2D eigenvalue weighted by Gasteiger charge is -2.07. The molecular weight excluding hydrogens is 340 g/mol. The Bertz CT molecular complexity index is 929. The number of nitrogens with one attached hydrogen (secondary N) is 1. The summed E-state index contributed by atoms with van der Waals surface area (Å²) >= 11 is 0. The molecule has 3 aromatic rings. The van der Waals surface area contributed by atoms with Gasteiger partial charge in [0.25, 0.3) is 0 Å². The van der Waals surface area contributed by atoms with Gasteiger partial charge in [0, 0.05) is 23.0 Å². The number of ether oxygens (including phenoxy) is 1. The Balaban J connectivity index is 1.82. The number of oxime groups is 1. The maximum Gasteiger partial charge on any atom is 0.356 e. The second-order valence-electron chi connectivity index (χ2n) is 6.41. The van der Waals surface area contributed by atoms with Crippen LogP contribution in [0.1, 0.15) is 30.2 Å². The second kappa shape index (κ2) is 9.03. The number of carbonyl (C=O) groups excluding carboxylic acids is 1. The van der Waals surface area contributed by atoms with Crippen molar-refractivity contribution in [3.8, 4) is 0 Å². The van der Waals surface area contributed by atoms with Gasteiger partial charge < -0.3 is 14.9 Å². The molecule has 0 aliphatic rings. The van der Waals surface area contributed by atoms with Gasteiger partial charge in [0.05, 0.1) is 6.61 Å². The van der Waals surface area contributed by atoms with Crippen molar-refractivity contribution >= 4 is 22.6 Å². The molecule has 2 aromatic carbocycles. The van der Waals surface area contributed by atoms with E-state index in [2.05, 4.69) is 22.3 Å². The topological polar surface area (TPSA) is 74.7 Å². The van der Waals surface area contributed by atoms with E-state index >= 15 is 0 Å². The van der Waals surface area contributed by atoms with Crippen LogP contribution in [0, 0.1) is 0 Å². The number of aromatic nitrogens is 1. The number of H-pyrrole nitrogens is 1. The largest absolute Gasteiger partial charge is 0.461 e. The Labute approximate surface area is 158 Å². The standard InChI is InChI=1S/C22H24N2O3/c1-2-27-22(25)21(24-26)15-18-17-12-6-7-13-19(17)23-20(18)14-8-11-16-9-4-3-5-10-16/h3-7,9-10,12-13,23,26H,2,8,11,14-15H2,1H3/b24-21-. The second-order valence-corrected chi connectivity index (χ2v) is 6.41. The third kappa shape index (κ3) is 4.56. The molecule has 2 N–H and O–H groups in total. The Kier molecular flexibility index (Phi) is 6.26. The fourth-order valence-corrected chi connectivity index (χ4v) is 3.32. The number of esters is 1. The van der Waals surface area contributed by atoms with Gasteiger partial charge in [0.2, 0.25) is 0 Å². The van der Waals surface area contributed by atoms with E-state index in [1.807, 2.05) is 42.5 Å². The maximum atomic E-state index is 12.0. The number of para-hydroxylation sites is 1. The van der Waals surface area contributed by atoms with E-state index in [9.17, 15) is 10.0 Å². The predicted molar refractivity (Wildman–Crippen MR) is 106 cm³/mol. The van der Waals surface area contributed by atoms with E-state index in [1.54, 1.807) is 6.92 Å². The highest BCUT2D eigenvalue weighted by Gasteiger charge is 2.19. The molecule has 0 spiro atoms. The average Bonchev–Trinajstić information content (AvgIpc) is 3.04. The van der Waals surface area contributed by atoms with E-state index in [0.29, 0.717) is 0 Å². The molecule has 0 bridgehead atoms. The number of aryl methyl sites for hydroxylation is 2. The summed E-state index contributed by atoms with van der Waals surface area (Å²) < 4.78 is 4.99. The SMILES string of the molecule is CCOC(=O)/C(Cc1c(CCCc2ccccc2)[nH]c2ccccc12)=N\O. The summed E-state index contributed by atoms with van der Waals surface area (Å²) in [5, 5.41) is 13.5. The number of hydrogen-bond acceptors (Lipinski definition) is 4. The van der Waals surface area contributed by atoms with Crippen molar-refractivity contribution in [2.24, 2.45) is 5.16 Å². The molecule has 3 rings (SSSR count). The fourth-order valence-electron chi connectivity index (χ4n) is 3.32. The van der Waals surface area contributed by atoms with Crippen molar-refractivity contribution in [2.45, 2.75) is 32.6 Å². The lowest BCUT2D eigenvalue weighted by molar-refractivity contribution is -0.135. The number of nitrogens with zero attached hydrogens (tertiary/aromatic N) is 1. The van der Waals surface area contributed by atoms with E-state index < -0.39 is 5.97 Å². The molecule has 0 fully saturated rings. The number of benzene rings is 2. The zero-order chi connectivity index (χ0) is 19.1. The first-order valence-corrected chi connectivity index (χ1v) is 9.23. The lowest BCUT2D eigenvalue weighted by atomic mass is 10.0. The highest BCUT2D eigenvalue weighted by atomic mass is 16.5. The van der Waals surface area contributed by atoms with Gasteiger partial charge in [0.15, 0.2) is 5.71 Å². The van der Waals surface area contributed by atoms with Gasteiger partial charge in [-0.2, -0.15) is 0 Å². The van der Waals surface area contributed by atoms with Crippen molar-refractivity contribution in [3.05, 3.63) is 71.4 Å². The van der Waals surface area contributed by atoms with E-state index in [4.69, 9.17) is 4.74 Å². The molecule has 0 saturated heterocycles. The van der Waals surface area contributed by atoms with Gasteiger partial charge in [-0.3, -0.25) is 0 Å². The molecule has 27 heavy (non-hydrogen) atoms. The number of hydrogen-bond donors (Lipinski definition) is 2. The van der Waals surface area contributed by atoms with Crippen LogP contribution in [0.5, 0.6) is 0 Å². The first-order chi connectivity index (χ1) is 13.2. The van der Waals surface area contributed by atoms with Gasteiger partial charge in [-0.05, 0) is 43.4 Å². The molecule has 0 amide bonds. The van der Waals surface area contributed by atoms with Crippen LogP contribution in [0.2, 0.25) is 0 Å². The fraction of sp³-hybridized carbons (Fsp3) is 0.273. The smallest absolute Gasteiger partial charge is 0.356 e. The molecule has 1 aromatic heterocycles. The molecule has 0 atom stereocenters. The van der Waals surface area contributed by atoms with Crippen LogP contribution in [0.15, 0.2) is 59.8 Å². The average molecular weight is 364 g/mol. The Morgan fingerprint density at radius 2 is 1.81 bits per heavy atom. The minimum atomic E-state index is -0.583. The number of fused-ring (bicyclic) bond motifs is 1. The predicted octanol–water partition coefficient (Wildman–Crippen LogP) is 4.28. The minimum Gasteiger partial charge on any atom is -0.461 e. The van der Waals surface area contributed by atoms with Crippen molar-refractivity contribution in [1.82, 2.24) is 4.98 Å². The lowest BCUT2D eigenvalue weighted by Crippen LogP contribution is -2.20. The Morgan fingerprint density at radius 1 is 1.07 bits per heavy atom. The first-order valence-electron chi connectivity index (χ1n) is 9.23. The van der Waals surface area contributed by atoms with Crippen molar-refractivity contribution < 1.29 is 14.7 Å². The monoisotopic (exact) mass is 364 g/mol. The summed E-state index contributed by atoms with van der Waals surface area (Å²) in [7, 11) is 0. The van der Waals surface area contributed by atoms with Gasteiger partial charge in [-0.25, -0.2) is 4.79 Å². The summed E-state index contributed by atoms with van der Waals surface area (Å²) in [6, 6.07) is 18.3. The van der Waals surface area contributed by atoms with E-state index in [0.717, 1.165) is 41.4 Å². The van der Waals surface area contributed by atoms with Crippen LogP contribution in [-0.4, -0.2) is 28.5 Å². The normalized spacial score (nSPS) is 11.7.